The highest BCUT2D eigenvalue weighted by atomic mass is 16.6. The van der Waals surface area contributed by atoms with E-state index in [0.29, 0.717) is 12.8 Å². The lowest BCUT2D eigenvalue weighted by Crippen LogP contribution is -2.55. The highest BCUT2D eigenvalue weighted by Gasteiger charge is 2.25. The van der Waals surface area contributed by atoms with Crippen LogP contribution in [-0.2, 0) is 28.6 Å². The molecule has 0 aromatic heterocycles. The van der Waals surface area contributed by atoms with Gasteiger partial charge >= 0.3 is 11.9 Å². The van der Waals surface area contributed by atoms with Crippen molar-refractivity contribution < 1.29 is 38.2 Å². The van der Waals surface area contributed by atoms with Gasteiger partial charge in [0.2, 0.25) is 0 Å². The van der Waals surface area contributed by atoms with E-state index in [4.69, 9.17) is 14.2 Å². The number of carbonyl (C=O) groups excluding carboxylic acids is 3. The van der Waals surface area contributed by atoms with Crippen LogP contribution in [0.5, 0.6) is 0 Å². The highest BCUT2D eigenvalue weighted by molar-refractivity contribution is 5.70. The van der Waals surface area contributed by atoms with Crippen molar-refractivity contribution in [3.05, 3.63) is 24.3 Å². The van der Waals surface area contributed by atoms with Crippen molar-refractivity contribution in [2.75, 3.05) is 41.0 Å². The van der Waals surface area contributed by atoms with Gasteiger partial charge in [-0.1, -0.05) is 147 Å². The van der Waals surface area contributed by atoms with Gasteiger partial charge in [0.15, 0.2) is 6.10 Å². The van der Waals surface area contributed by atoms with Crippen molar-refractivity contribution in [2.24, 2.45) is 0 Å². The fourth-order valence-corrected chi connectivity index (χ4v) is 6.52. The topological polar surface area (TPSA) is 102 Å². The number of unbranched alkanes of at least 4 members (excludes halogenated alkanes) is 22. The molecule has 8 nitrogen and oxygen atoms in total. The van der Waals surface area contributed by atoms with Crippen LogP contribution in [0, 0.1) is 0 Å². The van der Waals surface area contributed by atoms with E-state index in [1.54, 1.807) is 21.1 Å². The van der Waals surface area contributed by atoms with E-state index >= 15 is 0 Å². The molecule has 0 radical (unpaired) electrons. The monoisotopic (exact) mass is 764 g/mol. The Morgan fingerprint density at radius 3 is 1.39 bits per heavy atom. The maximum atomic E-state index is 12.7. The molecule has 0 aromatic rings. The van der Waals surface area contributed by atoms with Crippen LogP contribution in [0.25, 0.3) is 0 Å². The van der Waals surface area contributed by atoms with Crippen molar-refractivity contribution in [3.8, 4) is 0 Å². The highest BCUT2D eigenvalue weighted by Crippen LogP contribution is 2.14. The Morgan fingerprint density at radius 1 is 0.537 bits per heavy atom. The van der Waals surface area contributed by atoms with Crippen molar-refractivity contribution in [3.63, 3.8) is 0 Å². The minimum absolute atomic E-state index is 0.0400. The summed E-state index contributed by atoms with van der Waals surface area (Å²) >= 11 is 0. The third kappa shape index (κ3) is 35.5. The van der Waals surface area contributed by atoms with Gasteiger partial charge in [-0.2, -0.15) is 0 Å². The first-order chi connectivity index (χ1) is 26.1. The van der Waals surface area contributed by atoms with Crippen molar-refractivity contribution in [1.82, 2.24) is 0 Å². The third-order valence-corrected chi connectivity index (χ3v) is 10.1. The Morgan fingerprint density at radius 2 is 0.944 bits per heavy atom. The zero-order valence-electron chi connectivity index (χ0n) is 35.9. The number of carboxylic acid groups (broad SMARTS) is 1. The summed E-state index contributed by atoms with van der Waals surface area (Å²) in [6.45, 7) is 4.62. The number of aliphatic carboxylic acids is 1. The van der Waals surface area contributed by atoms with Crippen LogP contribution in [0.15, 0.2) is 24.3 Å². The number of ether oxygens (including phenoxy) is 3. The minimum Gasteiger partial charge on any atom is -0.544 e. The Hall–Kier alpha value is -2.19. The fourth-order valence-electron chi connectivity index (χ4n) is 6.52. The number of allylic oxidation sites excluding steroid dienone is 4. The van der Waals surface area contributed by atoms with Gasteiger partial charge in [0.05, 0.1) is 40.3 Å². The lowest BCUT2D eigenvalue weighted by Gasteiger charge is -2.34. The van der Waals surface area contributed by atoms with Gasteiger partial charge in [0.1, 0.15) is 12.6 Å². The molecule has 0 N–H and O–H groups in total. The quantitative estimate of drug-likeness (QED) is 0.0265. The van der Waals surface area contributed by atoms with Crippen LogP contribution in [-0.4, -0.2) is 75.5 Å². The Kier molecular flexibility index (Phi) is 36.2. The van der Waals surface area contributed by atoms with Gasteiger partial charge in [-0.15, -0.1) is 0 Å². The number of rotatable bonds is 40. The Bertz CT molecular complexity index is 942. The summed E-state index contributed by atoms with van der Waals surface area (Å²) < 4.78 is 17.1. The number of quaternary nitrogens is 1. The van der Waals surface area contributed by atoms with Gasteiger partial charge in [-0.05, 0) is 57.8 Å². The van der Waals surface area contributed by atoms with Crippen LogP contribution in [0.2, 0.25) is 0 Å². The molecule has 316 valence electrons. The predicted octanol–water partition coefficient (Wildman–Crippen LogP) is 10.7. The summed E-state index contributed by atoms with van der Waals surface area (Å²) in [6, 6.07) is -0.724. The summed E-state index contributed by atoms with van der Waals surface area (Å²) in [7, 11) is 5.40. The predicted molar refractivity (Wildman–Crippen MR) is 222 cm³/mol. The van der Waals surface area contributed by atoms with Gasteiger partial charge in [0, 0.05) is 19.3 Å². The molecule has 0 spiro atoms. The zero-order chi connectivity index (χ0) is 40.0. The molecule has 0 saturated carbocycles. The van der Waals surface area contributed by atoms with E-state index in [-0.39, 0.29) is 42.7 Å². The average Bonchev–Trinajstić information content (AvgIpc) is 3.12. The smallest absolute Gasteiger partial charge is 0.306 e. The molecule has 0 aliphatic rings. The lowest BCUT2D eigenvalue weighted by molar-refractivity contribution is -0.889. The Labute approximate surface area is 332 Å². The summed E-state index contributed by atoms with van der Waals surface area (Å²) in [4.78, 5) is 36.8. The average molecular weight is 764 g/mol. The van der Waals surface area contributed by atoms with E-state index in [1.807, 2.05) is 0 Å². The molecule has 0 bridgehead atoms. The summed E-state index contributed by atoms with van der Waals surface area (Å²) in [5, 5.41) is 11.6. The van der Waals surface area contributed by atoms with E-state index in [1.165, 1.54) is 116 Å². The molecular weight excluding hydrogens is 679 g/mol. The second-order valence-electron chi connectivity index (χ2n) is 16.3. The first kappa shape index (κ1) is 51.8. The van der Waals surface area contributed by atoms with Crippen LogP contribution in [0.3, 0.4) is 0 Å². The summed E-state index contributed by atoms with van der Waals surface area (Å²) in [6.07, 6.45) is 40.6. The number of hydrogen-bond donors (Lipinski definition) is 0. The minimum atomic E-state index is -1.13. The van der Waals surface area contributed by atoms with Crippen LogP contribution in [0.1, 0.15) is 200 Å². The van der Waals surface area contributed by atoms with Crippen molar-refractivity contribution >= 4 is 17.9 Å². The first-order valence-corrected chi connectivity index (χ1v) is 22.4. The molecule has 0 amide bonds. The van der Waals surface area contributed by atoms with Gasteiger partial charge in [-0.3, -0.25) is 9.59 Å². The van der Waals surface area contributed by atoms with E-state index in [2.05, 4.69) is 38.2 Å². The fraction of sp³-hybridized carbons (Fsp3) is 0.848. The van der Waals surface area contributed by atoms with Gasteiger partial charge in [0.25, 0.3) is 0 Å². The summed E-state index contributed by atoms with van der Waals surface area (Å²) in [5.74, 6) is -1.74. The first-order valence-electron chi connectivity index (χ1n) is 22.4. The van der Waals surface area contributed by atoms with Crippen molar-refractivity contribution in [1.29, 1.82) is 0 Å². The van der Waals surface area contributed by atoms with Crippen LogP contribution >= 0.6 is 0 Å². The number of likely N-dealkylation sites (N-methyl/N-ethyl adjacent to an activating group) is 1. The lowest BCUT2D eigenvalue weighted by atomic mass is 10.1. The van der Waals surface area contributed by atoms with E-state index < -0.39 is 18.1 Å². The molecule has 0 aromatic carbocycles. The SMILES string of the molecule is CCCC/C=C\CCCCCCCC(=O)OCC(COCCC(C(=O)[O-])[N+](C)(C)C)OC(=O)CCCCCCCCCCC/C=C\CCCCCCCC. The maximum absolute atomic E-state index is 12.7. The molecule has 0 saturated heterocycles. The number of hydrogen-bond acceptors (Lipinski definition) is 7. The number of nitrogens with zero attached hydrogens (tertiary/aromatic N) is 1. The second kappa shape index (κ2) is 37.7. The second-order valence-corrected chi connectivity index (χ2v) is 16.3. The molecule has 0 aliphatic heterocycles. The normalized spacial score (nSPS) is 13.1. The van der Waals surface area contributed by atoms with E-state index in [0.717, 1.165) is 51.4 Å². The molecule has 2 unspecified atom stereocenters. The van der Waals surface area contributed by atoms with Crippen molar-refractivity contribution in [2.45, 2.75) is 212 Å². The molecule has 54 heavy (non-hydrogen) atoms. The Balaban J connectivity index is 4.29. The van der Waals surface area contributed by atoms with E-state index in [9.17, 15) is 19.5 Å². The third-order valence-electron chi connectivity index (χ3n) is 10.1. The molecule has 2 atom stereocenters. The number of esters is 2. The number of carbonyl (C=O) groups is 3. The van der Waals surface area contributed by atoms with Crippen LogP contribution < -0.4 is 5.11 Å². The molecule has 0 fully saturated rings. The molecule has 0 heterocycles. The molecule has 0 rings (SSSR count). The van der Waals surface area contributed by atoms with Crippen LogP contribution in [0.4, 0.5) is 0 Å². The largest absolute Gasteiger partial charge is 0.544 e. The molecular formula is C46H85NO7. The zero-order valence-corrected chi connectivity index (χ0v) is 35.9. The standard InChI is InChI=1S/C46H85NO7/c1-6-8-10-12-14-16-18-19-20-21-22-23-24-25-27-29-31-33-35-37-45(49)54-42(40-52-39-38-43(46(50)51)47(3,4)5)41-53-44(48)36-34-32-30-28-26-17-15-13-11-9-7-2/h13,15,19-20,42-43H,6-12,14,16-18,21-41H2,1-5H3/b15-13-,20-19-. The maximum Gasteiger partial charge on any atom is 0.306 e. The molecule has 0 aliphatic carbocycles. The van der Waals surface area contributed by atoms with Gasteiger partial charge < -0.3 is 28.6 Å². The number of carboxylic acids is 1. The molecule has 8 heteroatoms. The van der Waals surface area contributed by atoms with Gasteiger partial charge in [-0.25, -0.2) is 0 Å². The summed E-state index contributed by atoms with van der Waals surface area (Å²) in [5.41, 5.74) is 0.